The van der Waals surface area contributed by atoms with Crippen molar-refractivity contribution in [1.82, 2.24) is 4.98 Å². The Morgan fingerprint density at radius 2 is 2.21 bits per heavy atom. The third-order valence-corrected chi connectivity index (χ3v) is 3.13. The molecule has 1 rings (SSSR count). The summed E-state index contributed by atoms with van der Waals surface area (Å²) in [7, 11) is 0. The van der Waals surface area contributed by atoms with Gasteiger partial charge in [-0.15, -0.1) is 11.8 Å². The van der Waals surface area contributed by atoms with E-state index >= 15 is 0 Å². The molecule has 0 aromatic carbocycles. The van der Waals surface area contributed by atoms with E-state index < -0.39 is 0 Å². The van der Waals surface area contributed by atoms with Crippen LogP contribution in [0.15, 0.2) is 23.2 Å². The highest BCUT2D eigenvalue weighted by Gasteiger charge is 2.10. The summed E-state index contributed by atoms with van der Waals surface area (Å²) in [5.74, 6) is 0. The van der Waals surface area contributed by atoms with Crippen molar-refractivity contribution in [2.75, 3.05) is 0 Å². The Labute approximate surface area is 87.8 Å². The molecular formula is C10H12N2OS. The Morgan fingerprint density at radius 1 is 1.50 bits per heavy atom. The number of nitrogens with zero attached hydrogens (tertiary/aromatic N) is 2. The smallest absolute Gasteiger partial charge is 0.140 e. The van der Waals surface area contributed by atoms with Crippen molar-refractivity contribution in [3.05, 3.63) is 24.0 Å². The predicted molar refractivity (Wildman–Crippen MR) is 56.0 cm³/mol. The van der Waals surface area contributed by atoms with Gasteiger partial charge < -0.3 is 5.11 Å². The maximum absolute atomic E-state index is 9.29. The van der Waals surface area contributed by atoms with Gasteiger partial charge in [0.2, 0.25) is 0 Å². The molecule has 1 aromatic heterocycles. The largest absolute Gasteiger partial charge is 0.392 e. The first kappa shape index (κ1) is 11.0. The summed E-state index contributed by atoms with van der Waals surface area (Å²) in [6.07, 6.45) is 1.30. The minimum atomic E-state index is -0.351. The highest BCUT2D eigenvalue weighted by molar-refractivity contribution is 8.00. The van der Waals surface area contributed by atoms with Crippen LogP contribution in [0.25, 0.3) is 0 Å². The Morgan fingerprint density at radius 3 is 2.64 bits per heavy atom. The topological polar surface area (TPSA) is 56.9 Å². The van der Waals surface area contributed by atoms with Gasteiger partial charge in [0, 0.05) is 16.3 Å². The molecule has 0 spiro atoms. The first-order chi connectivity index (χ1) is 6.63. The van der Waals surface area contributed by atoms with Gasteiger partial charge in [-0.1, -0.05) is 6.92 Å². The van der Waals surface area contributed by atoms with Crippen molar-refractivity contribution in [1.29, 1.82) is 5.26 Å². The maximum atomic E-state index is 9.29. The van der Waals surface area contributed by atoms with E-state index in [-0.39, 0.29) is 11.4 Å². The van der Waals surface area contributed by atoms with E-state index in [0.717, 1.165) is 4.90 Å². The van der Waals surface area contributed by atoms with Gasteiger partial charge in [0.15, 0.2) is 0 Å². The molecule has 0 radical (unpaired) electrons. The fraction of sp³-hybridized carbons (Fsp3) is 0.400. The van der Waals surface area contributed by atoms with Gasteiger partial charge in [-0.05, 0) is 19.1 Å². The van der Waals surface area contributed by atoms with E-state index in [9.17, 15) is 5.11 Å². The number of hydrogen-bond donors (Lipinski definition) is 1. The molecule has 0 fully saturated rings. The number of aliphatic hydroxyl groups excluding tert-OH is 1. The second-order valence-corrected chi connectivity index (χ2v) is 4.51. The Balaban J connectivity index is 2.65. The van der Waals surface area contributed by atoms with Gasteiger partial charge >= 0.3 is 0 Å². The zero-order valence-corrected chi connectivity index (χ0v) is 8.95. The van der Waals surface area contributed by atoms with Crippen molar-refractivity contribution in [3.8, 4) is 6.07 Å². The van der Waals surface area contributed by atoms with Crippen LogP contribution in [-0.2, 0) is 0 Å². The SMILES string of the molecule is CC(O)C(C)Sc1ccc(C#N)nc1. The molecule has 1 N–H and O–H groups in total. The van der Waals surface area contributed by atoms with Gasteiger partial charge in [-0.2, -0.15) is 5.26 Å². The first-order valence-corrected chi connectivity index (χ1v) is 5.22. The van der Waals surface area contributed by atoms with Crippen LogP contribution in [0, 0.1) is 11.3 Å². The lowest BCUT2D eigenvalue weighted by Gasteiger charge is -2.13. The molecule has 74 valence electrons. The average molecular weight is 208 g/mol. The fourth-order valence-electron chi connectivity index (χ4n) is 0.829. The summed E-state index contributed by atoms with van der Waals surface area (Å²) in [6, 6.07) is 5.48. The lowest BCUT2D eigenvalue weighted by molar-refractivity contribution is 0.196. The van der Waals surface area contributed by atoms with Crippen LogP contribution in [0.5, 0.6) is 0 Å². The van der Waals surface area contributed by atoms with E-state index in [1.54, 1.807) is 30.9 Å². The zero-order chi connectivity index (χ0) is 10.6. The summed E-state index contributed by atoms with van der Waals surface area (Å²) in [5, 5.41) is 18.0. The van der Waals surface area contributed by atoms with E-state index in [2.05, 4.69) is 4.98 Å². The van der Waals surface area contributed by atoms with Crippen molar-refractivity contribution < 1.29 is 5.11 Å². The normalized spacial score (nSPS) is 14.4. The predicted octanol–water partition coefficient (Wildman–Crippen LogP) is 1.81. The molecule has 0 saturated heterocycles. The number of nitriles is 1. The fourth-order valence-corrected chi connectivity index (χ4v) is 1.72. The molecule has 0 aliphatic carbocycles. The average Bonchev–Trinajstić information content (AvgIpc) is 2.19. The summed E-state index contributed by atoms with van der Waals surface area (Å²) < 4.78 is 0. The number of aromatic nitrogens is 1. The van der Waals surface area contributed by atoms with Gasteiger partial charge in [-0.3, -0.25) is 0 Å². The van der Waals surface area contributed by atoms with Gasteiger partial charge in [0.25, 0.3) is 0 Å². The first-order valence-electron chi connectivity index (χ1n) is 4.34. The van der Waals surface area contributed by atoms with E-state index in [0.29, 0.717) is 5.69 Å². The molecule has 0 bridgehead atoms. The Kier molecular flexibility index (Phi) is 3.93. The molecule has 0 aliphatic heterocycles. The van der Waals surface area contributed by atoms with Crippen molar-refractivity contribution >= 4 is 11.8 Å². The van der Waals surface area contributed by atoms with Gasteiger partial charge in [0.05, 0.1) is 6.10 Å². The third-order valence-electron chi connectivity index (χ3n) is 1.85. The van der Waals surface area contributed by atoms with Crippen LogP contribution in [0.1, 0.15) is 19.5 Å². The van der Waals surface area contributed by atoms with Crippen molar-refractivity contribution in [3.63, 3.8) is 0 Å². The summed E-state index contributed by atoms with van der Waals surface area (Å²) >= 11 is 1.55. The molecular weight excluding hydrogens is 196 g/mol. The molecule has 0 saturated carbocycles. The molecule has 1 aromatic rings. The minimum Gasteiger partial charge on any atom is -0.392 e. The standard InChI is InChI=1S/C10H12N2OS/c1-7(13)8(2)14-10-4-3-9(5-11)12-6-10/h3-4,6-8,13H,1-2H3. The summed E-state index contributed by atoms with van der Waals surface area (Å²) in [6.45, 7) is 3.71. The number of hydrogen-bond acceptors (Lipinski definition) is 4. The second-order valence-electron chi connectivity index (χ2n) is 3.05. The molecule has 3 nitrogen and oxygen atoms in total. The van der Waals surface area contributed by atoms with E-state index in [1.807, 2.05) is 19.1 Å². The van der Waals surface area contributed by atoms with Crippen molar-refractivity contribution in [2.24, 2.45) is 0 Å². The van der Waals surface area contributed by atoms with E-state index in [1.165, 1.54) is 0 Å². The molecule has 4 heteroatoms. The van der Waals surface area contributed by atoms with Crippen LogP contribution < -0.4 is 0 Å². The highest BCUT2D eigenvalue weighted by atomic mass is 32.2. The van der Waals surface area contributed by atoms with Crippen LogP contribution in [0.3, 0.4) is 0 Å². The molecule has 0 amide bonds. The number of aliphatic hydroxyl groups is 1. The van der Waals surface area contributed by atoms with Crippen molar-refractivity contribution in [2.45, 2.75) is 30.1 Å². The summed E-state index contributed by atoms with van der Waals surface area (Å²) in [4.78, 5) is 4.92. The molecule has 14 heavy (non-hydrogen) atoms. The lowest BCUT2D eigenvalue weighted by Crippen LogP contribution is -2.14. The van der Waals surface area contributed by atoms with Crippen LogP contribution in [0.2, 0.25) is 0 Å². The van der Waals surface area contributed by atoms with Crippen LogP contribution >= 0.6 is 11.8 Å². The van der Waals surface area contributed by atoms with E-state index in [4.69, 9.17) is 5.26 Å². The molecule has 1 heterocycles. The molecule has 2 unspecified atom stereocenters. The van der Waals surface area contributed by atoms with Crippen LogP contribution in [-0.4, -0.2) is 21.4 Å². The number of pyridine rings is 1. The maximum Gasteiger partial charge on any atom is 0.140 e. The van der Waals surface area contributed by atoms with Gasteiger partial charge in [-0.25, -0.2) is 4.98 Å². The zero-order valence-electron chi connectivity index (χ0n) is 8.14. The minimum absolute atomic E-state index is 0.129. The van der Waals surface area contributed by atoms with Gasteiger partial charge in [0.1, 0.15) is 11.8 Å². The summed E-state index contributed by atoms with van der Waals surface area (Å²) in [5.41, 5.74) is 0.416. The number of thioether (sulfide) groups is 1. The van der Waals surface area contributed by atoms with Crippen LogP contribution in [0.4, 0.5) is 0 Å². The number of rotatable bonds is 3. The molecule has 2 atom stereocenters. The quantitative estimate of drug-likeness (QED) is 0.770. The second kappa shape index (κ2) is 4.99. The third kappa shape index (κ3) is 3.02. The Bertz CT molecular complexity index is 329. The monoisotopic (exact) mass is 208 g/mol. The molecule has 0 aliphatic rings. The lowest BCUT2D eigenvalue weighted by atomic mass is 10.3. The highest BCUT2D eigenvalue weighted by Crippen LogP contribution is 2.24. The Hall–Kier alpha value is -1.05.